The maximum atomic E-state index is 13.6. The van der Waals surface area contributed by atoms with Gasteiger partial charge >= 0.3 is 5.97 Å². The normalized spacial score (nSPS) is 23.1. The third-order valence-corrected chi connectivity index (χ3v) is 7.65. The van der Waals surface area contributed by atoms with E-state index < -0.39 is 11.6 Å². The lowest BCUT2D eigenvalue weighted by molar-refractivity contribution is -0.945. The molecule has 0 spiro atoms. The summed E-state index contributed by atoms with van der Waals surface area (Å²) in [6.07, 6.45) is 6.10. The first-order valence-electron chi connectivity index (χ1n) is 12.4. The highest BCUT2D eigenvalue weighted by atomic mass is 16.6. The van der Waals surface area contributed by atoms with Crippen LogP contribution in [-0.4, -0.2) is 70.3 Å². The summed E-state index contributed by atoms with van der Waals surface area (Å²) in [6.45, 7) is 3.90. The molecule has 6 rings (SSSR count). The number of esters is 1. The number of fused-ring (bicyclic) bond motifs is 3. The van der Waals surface area contributed by atoms with Crippen LogP contribution in [0, 0.1) is 5.92 Å². The van der Waals surface area contributed by atoms with Gasteiger partial charge in [0.25, 0.3) is 5.91 Å². The van der Waals surface area contributed by atoms with Gasteiger partial charge in [0, 0.05) is 31.2 Å². The Kier molecular flexibility index (Phi) is 6.80. The van der Waals surface area contributed by atoms with Crippen LogP contribution >= 0.6 is 0 Å². The molecule has 1 atom stereocenters. The number of hydrogen-bond donors (Lipinski definition) is 2. The average molecular weight is 488 g/mol. The molecular formula is C28H31N4O4+. The zero-order chi connectivity index (χ0) is 25.0. The number of nitrogens with one attached hydrogen (secondary N) is 1. The molecule has 3 saturated heterocycles. The number of quaternary nitrogens is 1. The fourth-order valence-corrected chi connectivity index (χ4v) is 5.57. The highest BCUT2D eigenvalue weighted by molar-refractivity contribution is 5.91. The third kappa shape index (κ3) is 4.74. The Bertz CT molecular complexity index is 1140. The van der Waals surface area contributed by atoms with Crippen LogP contribution in [0.25, 0.3) is 0 Å². The number of ether oxygens (including phenoxy) is 1. The lowest BCUT2D eigenvalue weighted by Gasteiger charge is -2.52. The molecule has 2 aromatic carbocycles. The van der Waals surface area contributed by atoms with Crippen molar-refractivity contribution >= 4 is 11.9 Å². The molecule has 2 bridgehead atoms. The van der Waals surface area contributed by atoms with E-state index in [1.165, 1.54) is 18.6 Å². The van der Waals surface area contributed by atoms with E-state index in [0.717, 1.165) is 37.0 Å². The van der Waals surface area contributed by atoms with Crippen molar-refractivity contribution in [2.24, 2.45) is 5.92 Å². The molecule has 2 N–H and O–H groups in total. The SMILES string of the molecule is O=C(NCC[N+]12CCC(CC1)[C@@H](OC(=O)C(O)(c1ccccc1)c1ccccc1)C2)c1cnccn1. The molecule has 8 heteroatoms. The van der Waals surface area contributed by atoms with Gasteiger partial charge in [-0.1, -0.05) is 60.7 Å². The molecule has 3 aliphatic heterocycles. The Hall–Kier alpha value is -3.62. The number of nitrogens with zero attached hydrogens (tertiary/aromatic N) is 3. The van der Waals surface area contributed by atoms with E-state index >= 15 is 0 Å². The molecule has 8 nitrogen and oxygen atoms in total. The molecule has 3 aliphatic rings. The zero-order valence-corrected chi connectivity index (χ0v) is 20.1. The van der Waals surface area contributed by atoms with Gasteiger partial charge in [0.15, 0.2) is 6.10 Å². The van der Waals surface area contributed by atoms with Crippen LogP contribution in [0.4, 0.5) is 0 Å². The van der Waals surface area contributed by atoms with Crippen molar-refractivity contribution in [2.45, 2.75) is 24.5 Å². The molecule has 3 fully saturated rings. The molecule has 3 aromatic rings. The second-order valence-electron chi connectivity index (χ2n) is 9.77. The number of hydrogen-bond acceptors (Lipinski definition) is 6. The minimum atomic E-state index is -1.88. The lowest BCUT2D eigenvalue weighted by atomic mass is 9.82. The quantitative estimate of drug-likeness (QED) is 0.374. The summed E-state index contributed by atoms with van der Waals surface area (Å²) >= 11 is 0. The molecule has 1 amide bonds. The number of rotatable bonds is 8. The van der Waals surface area contributed by atoms with Crippen molar-refractivity contribution in [1.82, 2.24) is 15.3 Å². The lowest BCUT2D eigenvalue weighted by Crippen LogP contribution is -2.66. The minimum Gasteiger partial charge on any atom is -0.453 e. The van der Waals surface area contributed by atoms with Crippen molar-refractivity contribution in [3.63, 3.8) is 0 Å². The maximum Gasteiger partial charge on any atom is 0.348 e. The van der Waals surface area contributed by atoms with Gasteiger partial charge in [0.1, 0.15) is 12.2 Å². The molecule has 0 unspecified atom stereocenters. The van der Waals surface area contributed by atoms with Crippen LogP contribution in [-0.2, 0) is 15.1 Å². The fraction of sp³-hybridized carbons (Fsp3) is 0.357. The topological polar surface area (TPSA) is 101 Å². The van der Waals surface area contributed by atoms with Gasteiger partial charge in [0.05, 0.1) is 32.4 Å². The first-order valence-corrected chi connectivity index (χ1v) is 12.4. The molecule has 0 radical (unpaired) electrons. The molecule has 186 valence electrons. The minimum absolute atomic E-state index is 0.244. The van der Waals surface area contributed by atoms with Crippen molar-refractivity contribution in [3.05, 3.63) is 96.1 Å². The number of piperidine rings is 3. The van der Waals surface area contributed by atoms with E-state index in [1.54, 1.807) is 48.5 Å². The summed E-state index contributed by atoms with van der Waals surface area (Å²) in [4.78, 5) is 34.0. The Morgan fingerprint density at radius 1 is 1.00 bits per heavy atom. The first kappa shape index (κ1) is 24.1. The summed E-state index contributed by atoms with van der Waals surface area (Å²) in [5, 5.41) is 14.7. The summed E-state index contributed by atoms with van der Waals surface area (Å²) < 4.78 is 6.89. The second kappa shape index (κ2) is 10.2. The number of aromatic nitrogens is 2. The van der Waals surface area contributed by atoms with Gasteiger partial charge in [-0.2, -0.15) is 0 Å². The van der Waals surface area contributed by atoms with Crippen molar-refractivity contribution in [3.8, 4) is 0 Å². The highest BCUT2D eigenvalue weighted by Gasteiger charge is 2.50. The standard InChI is InChI=1S/C28H30N4O4/c33-26(24-19-29-13-14-30-24)31-15-18-32-16-11-21(12-17-32)25(20-32)36-27(34)28(35,22-7-3-1-4-8-22)23-9-5-2-6-10-23/h1-10,13-14,19,21,25,35H,11-12,15-18,20H2/p+1/t21?,25-,32?/m0/s1. The maximum absolute atomic E-state index is 13.6. The smallest absolute Gasteiger partial charge is 0.348 e. The largest absolute Gasteiger partial charge is 0.453 e. The Labute approximate surface area is 210 Å². The van der Waals surface area contributed by atoms with Gasteiger partial charge in [0.2, 0.25) is 5.60 Å². The predicted molar refractivity (Wildman–Crippen MR) is 133 cm³/mol. The molecule has 36 heavy (non-hydrogen) atoms. The second-order valence-corrected chi connectivity index (χ2v) is 9.77. The number of carbonyl (C=O) groups excluding carboxylic acids is 2. The van der Waals surface area contributed by atoms with E-state index in [2.05, 4.69) is 15.3 Å². The molecular weight excluding hydrogens is 456 g/mol. The number of benzene rings is 2. The van der Waals surface area contributed by atoms with E-state index in [0.29, 0.717) is 29.9 Å². The van der Waals surface area contributed by atoms with Crippen LogP contribution < -0.4 is 5.32 Å². The van der Waals surface area contributed by atoms with Crippen LogP contribution in [0.2, 0.25) is 0 Å². The predicted octanol–water partition coefficient (Wildman–Crippen LogP) is 2.29. The first-order chi connectivity index (χ1) is 17.5. The number of amides is 1. The third-order valence-electron chi connectivity index (χ3n) is 7.65. The van der Waals surface area contributed by atoms with E-state index in [9.17, 15) is 14.7 Å². The number of aliphatic hydroxyl groups is 1. The van der Waals surface area contributed by atoms with E-state index in [-0.39, 0.29) is 17.9 Å². The van der Waals surface area contributed by atoms with Crippen LogP contribution in [0.3, 0.4) is 0 Å². The fourth-order valence-electron chi connectivity index (χ4n) is 5.57. The van der Waals surface area contributed by atoms with Crippen LogP contribution in [0.15, 0.2) is 79.3 Å². The summed E-state index contributed by atoms with van der Waals surface area (Å²) in [5.74, 6) is -0.612. The van der Waals surface area contributed by atoms with Gasteiger partial charge in [-0.15, -0.1) is 0 Å². The highest BCUT2D eigenvalue weighted by Crippen LogP contribution is 2.38. The van der Waals surface area contributed by atoms with Crippen molar-refractivity contribution in [2.75, 3.05) is 32.7 Å². The van der Waals surface area contributed by atoms with Crippen LogP contribution in [0.1, 0.15) is 34.5 Å². The van der Waals surface area contributed by atoms with Gasteiger partial charge in [-0.3, -0.25) is 9.78 Å². The molecule has 4 heterocycles. The summed E-state index contributed by atoms with van der Waals surface area (Å²) in [7, 11) is 0. The zero-order valence-electron chi connectivity index (χ0n) is 20.1. The van der Waals surface area contributed by atoms with Crippen molar-refractivity contribution in [1.29, 1.82) is 0 Å². The number of carbonyl (C=O) groups is 2. The van der Waals surface area contributed by atoms with E-state index in [1.807, 2.05) is 12.1 Å². The van der Waals surface area contributed by atoms with Crippen molar-refractivity contribution < 1.29 is 23.9 Å². The van der Waals surface area contributed by atoms with Crippen LogP contribution in [0.5, 0.6) is 0 Å². The molecule has 1 aromatic heterocycles. The summed E-state index contributed by atoms with van der Waals surface area (Å²) in [6, 6.07) is 17.9. The average Bonchev–Trinajstić information content (AvgIpc) is 2.94. The Morgan fingerprint density at radius 2 is 1.64 bits per heavy atom. The van der Waals surface area contributed by atoms with E-state index in [4.69, 9.17) is 4.74 Å². The van der Waals surface area contributed by atoms with Gasteiger partial charge in [-0.25, -0.2) is 9.78 Å². The summed E-state index contributed by atoms with van der Waals surface area (Å²) in [5.41, 5.74) is -0.622. The van der Waals surface area contributed by atoms with Gasteiger partial charge < -0.3 is 19.6 Å². The molecule has 0 saturated carbocycles. The Balaban J connectivity index is 1.28. The Morgan fingerprint density at radius 3 is 2.22 bits per heavy atom. The monoisotopic (exact) mass is 487 g/mol. The van der Waals surface area contributed by atoms with Gasteiger partial charge in [-0.05, 0) is 11.1 Å². The molecule has 0 aliphatic carbocycles.